The van der Waals surface area contributed by atoms with Crippen molar-refractivity contribution < 1.29 is 24.5 Å². The molecule has 1 amide bonds. The number of hydrogen-bond acceptors (Lipinski definition) is 5. The van der Waals surface area contributed by atoms with Gasteiger partial charge in [-0.25, -0.2) is 0 Å². The lowest BCUT2D eigenvalue weighted by molar-refractivity contribution is -0.143. The maximum absolute atomic E-state index is 12.5. The van der Waals surface area contributed by atoms with Crippen LogP contribution in [0.5, 0.6) is 0 Å². The molecule has 0 saturated carbocycles. The molecule has 456 valence electrons. The van der Waals surface area contributed by atoms with E-state index < -0.39 is 12.1 Å². The zero-order valence-corrected chi connectivity index (χ0v) is 52.2. The Labute approximate surface area is 481 Å². The Morgan fingerprint density at radius 1 is 0.351 bits per heavy atom. The topological polar surface area (TPSA) is 95.9 Å². The summed E-state index contributed by atoms with van der Waals surface area (Å²) in [6.45, 7) is 4.98. The van der Waals surface area contributed by atoms with Crippen molar-refractivity contribution in [2.24, 2.45) is 0 Å². The van der Waals surface area contributed by atoms with Gasteiger partial charge in [0, 0.05) is 12.8 Å². The SMILES string of the molecule is CCCCCCCCC/C=C\CCCCCCCC(=O)OCCCCCCCCCCCCCC/C=C\CCCCCCCCCCCCCC(=O)NC(CO)C(O)CCCCCCCCCCCCCCCCCCC. The van der Waals surface area contributed by atoms with Crippen LogP contribution in [0.1, 0.15) is 393 Å². The zero-order chi connectivity index (χ0) is 55.7. The number of aliphatic hydroxyl groups excluding tert-OH is 2. The van der Waals surface area contributed by atoms with E-state index in [1.807, 2.05) is 0 Å². The Bertz CT molecular complexity index is 1200. The van der Waals surface area contributed by atoms with Gasteiger partial charge < -0.3 is 20.3 Å². The highest BCUT2D eigenvalue weighted by atomic mass is 16.5. The summed E-state index contributed by atoms with van der Waals surface area (Å²) in [7, 11) is 0. The molecule has 0 aliphatic rings. The number of carbonyl (C=O) groups is 2. The quantitative estimate of drug-likeness (QED) is 0.0320. The van der Waals surface area contributed by atoms with Crippen molar-refractivity contribution in [3.8, 4) is 0 Å². The van der Waals surface area contributed by atoms with Crippen LogP contribution in [0.2, 0.25) is 0 Å². The number of nitrogens with one attached hydrogen (secondary N) is 1. The second kappa shape index (κ2) is 66.8. The summed E-state index contributed by atoms with van der Waals surface area (Å²) in [6, 6.07) is -0.542. The first-order valence-corrected chi connectivity index (χ1v) is 35.1. The molecule has 0 spiro atoms. The second-order valence-electron chi connectivity index (χ2n) is 24.2. The molecule has 0 aliphatic heterocycles. The smallest absolute Gasteiger partial charge is 0.305 e. The van der Waals surface area contributed by atoms with Gasteiger partial charge in [0.2, 0.25) is 5.91 Å². The summed E-state index contributed by atoms with van der Waals surface area (Å²) in [5.41, 5.74) is 0. The Hall–Kier alpha value is -1.66. The molecule has 0 radical (unpaired) electrons. The molecule has 0 aromatic carbocycles. The number of allylic oxidation sites excluding steroid dienone is 4. The van der Waals surface area contributed by atoms with Crippen molar-refractivity contribution in [1.29, 1.82) is 0 Å². The molecule has 0 saturated heterocycles. The summed E-state index contributed by atoms with van der Waals surface area (Å²) >= 11 is 0. The van der Waals surface area contributed by atoms with Gasteiger partial charge in [0.15, 0.2) is 0 Å². The van der Waals surface area contributed by atoms with Gasteiger partial charge in [-0.1, -0.05) is 327 Å². The molecular weight excluding hydrogens is 947 g/mol. The second-order valence-corrected chi connectivity index (χ2v) is 24.2. The van der Waals surface area contributed by atoms with Gasteiger partial charge in [-0.2, -0.15) is 0 Å². The fourth-order valence-corrected chi connectivity index (χ4v) is 11.1. The zero-order valence-electron chi connectivity index (χ0n) is 52.2. The molecule has 2 atom stereocenters. The summed E-state index contributed by atoms with van der Waals surface area (Å²) in [5.74, 6) is -0.0240. The van der Waals surface area contributed by atoms with Crippen molar-refractivity contribution in [3.63, 3.8) is 0 Å². The Balaban J connectivity index is 3.38. The van der Waals surface area contributed by atoms with Crippen molar-refractivity contribution >= 4 is 11.9 Å². The number of esters is 1. The maximum atomic E-state index is 12.5. The predicted molar refractivity (Wildman–Crippen MR) is 338 cm³/mol. The molecule has 0 heterocycles. The van der Waals surface area contributed by atoms with Gasteiger partial charge in [-0.05, 0) is 77.0 Å². The lowest BCUT2D eigenvalue weighted by Gasteiger charge is -2.22. The van der Waals surface area contributed by atoms with E-state index in [9.17, 15) is 19.8 Å². The van der Waals surface area contributed by atoms with Crippen LogP contribution in [0, 0.1) is 0 Å². The minimum Gasteiger partial charge on any atom is -0.466 e. The first-order valence-electron chi connectivity index (χ1n) is 35.1. The van der Waals surface area contributed by atoms with Gasteiger partial charge in [0.25, 0.3) is 0 Å². The van der Waals surface area contributed by atoms with Crippen LogP contribution >= 0.6 is 0 Å². The van der Waals surface area contributed by atoms with Gasteiger partial charge in [-0.15, -0.1) is 0 Å². The van der Waals surface area contributed by atoms with E-state index in [4.69, 9.17) is 4.74 Å². The molecule has 0 aromatic rings. The Morgan fingerprint density at radius 2 is 0.610 bits per heavy atom. The highest BCUT2D eigenvalue weighted by molar-refractivity contribution is 5.76. The molecule has 2 unspecified atom stereocenters. The highest BCUT2D eigenvalue weighted by Crippen LogP contribution is 2.19. The van der Waals surface area contributed by atoms with E-state index in [0.29, 0.717) is 25.9 Å². The van der Waals surface area contributed by atoms with Crippen molar-refractivity contribution in [2.75, 3.05) is 13.2 Å². The highest BCUT2D eigenvalue weighted by Gasteiger charge is 2.20. The number of ether oxygens (including phenoxy) is 1. The molecule has 0 aliphatic carbocycles. The molecule has 0 aromatic heterocycles. The Morgan fingerprint density at radius 3 is 0.922 bits per heavy atom. The summed E-state index contributed by atoms with van der Waals surface area (Å²) in [4.78, 5) is 24.6. The molecule has 6 nitrogen and oxygen atoms in total. The van der Waals surface area contributed by atoms with Crippen LogP contribution in [-0.4, -0.2) is 47.4 Å². The van der Waals surface area contributed by atoms with Crippen LogP contribution in [0.4, 0.5) is 0 Å². The number of hydrogen-bond donors (Lipinski definition) is 3. The minimum atomic E-state index is -0.665. The molecule has 77 heavy (non-hydrogen) atoms. The number of amides is 1. The molecule has 0 fully saturated rings. The third-order valence-corrected chi connectivity index (χ3v) is 16.5. The van der Waals surface area contributed by atoms with Gasteiger partial charge >= 0.3 is 5.97 Å². The number of carbonyl (C=O) groups excluding carboxylic acids is 2. The fourth-order valence-electron chi connectivity index (χ4n) is 11.1. The molecule has 3 N–H and O–H groups in total. The normalized spacial score (nSPS) is 12.6. The largest absolute Gasteiger partial charge is 0.466 e. The predicted octanol–water partition coefficient (Wildman–Crippen LogP) is 22.5. The third-order valence-electron chi connectivity index (χ3n) is 16.5. The van der Waals surface area contributed by atoms with Gasteiger partial charge in [0.05, 0.1) is 25.4 Å². The van der Waals surface area contributed by atoms with Crippen LogP contribution in [0.15, 0.2) is 24.3 Å². The Kier molecular flexibility index (Phi) is 65.4. The van der Waals surface area contributed by atoms with E-state index >= 15 is 0 Å². The first-order chi connectivity index (χ1) is 38.0. The van der Waals surface area contributed by atoms with E-state index in [2.05, 4.69) is 43.5 Å². The van der Waals surface area contributed by atoms with Crippen LogP contribution in [0.25, 0.3) is 0 Å². The average molecular weight is 1080 g/mol. The first kappa shape index (κ1) is 75.3. The number of aliphatic hydroxyl groups is 2. The van der Waals surface area contributed by atoms with E-state index in [1.54, 1.807) is 0 Å². The van der Waals surface area contributed by atoms with E-state index in [-0.39, 0.29) is 18.5 Å². The fraction of sp³-hybridized carbons (Fsp3) is 0.915. The van der Waals surface area contributed by atoms with E-state index in [1.165, 1.54) is 315 Å². The average Bonchev–Trinajstić information content (AvgIpc) is 3.43. The minimum absolute atomic E-state index is 0.00846. The van der Waals surface area contributed by atoms with Crippen molar-refractivity contribution in [3.05, 3.63) is 24.3 Å². The lowest BCUT2D eigenvalue weighted by atomic mass is 10.0. The monoisotopic (exact) mass is 1080 g/mol. The standard InChI is InChI=1S/C71H137NO5/c1-3-5-7-9-11-13-15-17-19-32-35-39-43-47-51-55-59-63-69(74)68(67-73)72-70(75)64-60-56-52-48-44-40-36-33-30-28-26-24-22-21-23-25-27-29-31-34-38-42-46-50-54-58-62-66-77-71(76)65-61-57-53-49-45-41-37-20-18-16-14-12-10-8-6-4-2/h20-22,37,68-69,73-74H,3-19,23-36,38-67H2,1-2H3,(H,72,75)/b22-21-,37-20-. The van der Waals surface area contributed by atoms with Crippen LogP contribution in [0.3, 0.4) is 0 Å². The summed E-state index contributed by atoms with van der Waals surface area (Å²) in [6.07, 6.45) is 83.6. The van der Waals surface area contributed by atoms with Crippen molar-refractivity contribution in [1.82, 2.24) is 5.32 Å². The maximum Gasteiger partial charge on any atom is 0.305 e. The number of unbranched alkanes of at least 4 members (excludes halogenated alkanes) is 51. The van der Waals surface area contributed by atoms with Gasteiger partial charge in [-0.3, -0.25) is 9.59 Å². The molecule has 6 heteroatoms. The number of rotatable bonds is 66. The molecule has 0 bridgehead atoms. The summed E-state index contributed by atoms with van der Waals surface area (Å²) in [5, 5.41) is 23.4. The van der Waals surface area contributed by atoms with Gasteiger partial charge in [0.1, 0.15) is 0 Å². The van der Waals surface area contributed by atoms with Crippen molar-refractivity contribution in [2.45, 2.75) is 405 Å². The molecule has 0 rings (SSSR count). The van der Waals surface area contributed by atoms with E-state index in [0.717, 1.165) is 44.9 Å². The molecular formula is C71H137NO5. The van der Waals surface area contributed by atoms with Crippen LogP contribution in [-0.2, 0) is 14.3 Å². The lowest BCUT2D eigenvalue weighted by Crippen LogP contribution is -2.45. The third kappa shape index (κ3) is 63.4. The summed E-state index contributed by atoms with van der Waals surface area (Å²) < 4.78 is 5.49. The van der Waals surface area contributed by atoms with Crippen LogP contribution < -0.4 is 5.32 Å².